The summed E-state index contributed by atoms with van der Waals surface area (Å²) >= 11 is 0. The van der Waals surface area contributed by atoms with Crippen LogP contribution in [-0.4, -0.2) is 40.7 Å². The fourth-order valence-corrected chi connectivity index (χ4v) is 2.07. The fourth-order valence-electron chi connectivity index (χ4n) is 2.07. The fraction of sp³-hybridized carbons (Fsp3) is 0.538. The van der Waals surface area contributed by atoms with Gasteiger partial charge in [-0.2, -0.15) is 0 Å². The summed E-state index contributed by atoms with van der Waals surface area (Å²) < 4.78 is 0. The van der Waals surface area contributed by atoms with Crippen molar-refractivity contribution in [3.05, 3.63) is 39.9 Å². The molecule has 5 heteroatoms. The Morgan fingerprint density at radius 2 is 1.83 bits per heavy atom. The van der Waals surface area contributed by atoms with Crippen LogP contribution in [0.2, 0.25) is 0 Å². The summed E-state index contributed by atoms with van der Waals surface area (Å²) in [6.45, 7) is 5.98. The van der Waals surface area contributed by atoms with Gasteiger partial charge in [0.05, 0.1) is 11.5 Å². The molecule has 1 rings (SSSR count). The van der Waals surface area contributed by atoms with Crippen molar-refractivity contribution >= 4 is 5.69 Å². The van der Waals surface area contributed by atoms with E-state index in [9.17, 15) is 15.2 Å². The average Bonchev–Trinajstić information content (AvgIpc) is 2.39. The second-order valence-electron chi connectivity index (χ2n) is 4.19. The molecule has 0 spiro atoms. The van der Waals surface area contributed by atoms with Gasteiger partial charge in [0.1, 0.15) is 0 Å². The van der Waals surface area contributed by atoms with Gasteiger partial charge in [0.25, 0.3) is 5.69 Å². The molecular formula is C13H20N2O3. The van der Waals surface area contributed by atoms with E-state index in [1.807, 2.05) is 0 Å². The third kappa shape index (κ3) is 3.78. The molecule has 0 saturated carbocycles. The molecule has 1 atom stereocenters. The first kappa shape index (κ1) is 14.6. The lowest BCUT2D eigenvalue weighted by molar-refractivity contribution is -0.384. The molecule has 0 amide bonds. The van der Waals surface area contributed by atoms with Gasteiger partial charge < -0.3 is 5.11 Å². The van der Waals surface area contributed by atoms with E-state index in [4.69, 9.17) is 0 Å². The SMILES string of the molecule is CCN(CC)C(CO)Cc1ccc([N+](=O)[O-])cc1. The number of hydrogen-bond donors (Lipinski definition) is 1. The molecule has 0 aliphatic heterocycles. The minimum atomic E-state index is -0.405. The maximum absolute atomic E-state index is 10.5. The highest BCUT2D eigenvalue weighted by molar-refractivity contribution is 5.33. The van der Waals surface area contributed by atoms with E-state index in [-0.39, 0.29) is 18.3 Å². The van der Waals surface area contributed by atoms with Gasteiger partial charge in [-0.15, -0.1) is 0 Å². The van der Waals surface area contributed by atoms with Crippen molar-refractivity contribution in [3.8, 4) is 0 Å². The van der Waals surface area contributed by atoms with Gasteiger partial charge in [0.2, 0.25) is 0 Å². The van der Waals surface area contributed by atoms with Crippen molar-refractivity contribution in [1.29, 1.82) is 0 Å². The Balaban J connectivity index is 2.72. The monoisotopic (exact) mass is 252 g/mol. The van der Waals surface area contributed by atoms with Crippen LogP contribution < -0.4 is 0 Å². The number of aliphatic hydroxyl groups excluding tert-OH is 1. The molecule has 1 N–H and O–H groups in total. The van der Waals surface area contributed by atoms with Crippen LogP contribution in [0.3, 0.4) is 0 Å². The Bertz CT molecular complexity index is 374. The minimum Gasteiger partial charge on any atom is -0.395 e. The largest absolute Gasteiger partial charge is 0.395 e. The predicted octanol–water partition coefficient (Wildman–Crippen LogP) is 1.84. The molecular weight excluding hydrogens is 232 g/mol. The van der Waals surface area contributed by atoms with E-state index >= 15 is 0 Å². The number of non-ortho nitro benzene ring substituents is 1. The molecule has 18 heavy (non-hydrogen) atoms. The second kappa shape index (κ2) is 7.08. The second-order valence-corrected chi connectivity index (χ2v) is 4.19. The summed E-state index contributed by atoms with van der Waals surface area (Å²) in [5, 5.41) is 20.0. The normalized spacial score (nSPS) is 12.7. The van der Waals surface area contributed by atoms with E-state index < -0.39 is 4.92 Å². The summed E-state index contributed by atoms with van der Waals surface area (Å²) in [4.78, 5) is 12.3. The number of nitro groups is 1. The lowest BCUT2D eigenvalue weighted by Gasteiger charge is -2.28. The summed E-state index contributed by atoms with van der Waals surface area (Å²) in [6.07, 6.45) is 0.705. The van der Waals surface area contributed by atoms with E-state index in [0.29, 0.717) is 6.42 Å². The van der Waals surface area contributed by atoms with Gasteiger partial charge in [0.15, 0.2) is 0 Å². The van der Waals surface area contributed by atoms with Crippen molar-refractivity contribution in [2.24, 2.45) is 0 Å². The maximum atomic E-state index is 10.5. The van der Waals surface area contributed by atoms with Crippen molar-refractivity contribution in [2.45, 2.75) is 26.3 Å². The average molecular weight is 252 g/mol. The molecule has 5 nitrogen and oxygen atoms in total. The van der Waals surface area contributed by atoms with Gasteiger partial charge >= 0.3 is 0 Å². The molecule has 0 fully saturated rings. The molecule has 0 heterocycles. The molecule has 0 saturated heterocycles. The van der Waals surface area contributed by atoms with E-state index in [1.165, 1.54) is 12.1 Å². The Morgan fingerprint density at radius 1 is 1.28 bits per heavy atom. The Kier molecular flexibility index (Phi) is 5.74. The Hall–Kier alpha value is -1.46. The molecule has 0 aliphatic rings. The first-order chi connectivity index (χ1) is 8.62. The third-order valence-electron chi connectivity index (χ3n) is 3.16. The number of aliphatic hydroxyl groups is 1. The highest BCUT2D eigenvalue weighted by Crippen LogP contribution is 2.14. The van der Waals surface area contributed by atoms with Crippen LogP contribution in [-0.2, 0) is 6.42 Å². The third-order valence-corrected chi connectivity index (χ3v) is 3.16. The molecule has 1 aromatic carbocycles. The highest BCUT2D eigenvalue weighted by Gasteiger charge is 2.15. The summed E-state index contributed by atoms with van der Waals surface area (Å²) in [7, 11) is 0. The molecule has 1 aromatic rings. The van der Waals surface area contributed by atoms with Crippen molar-refractivity contribution < 1.29 is 10.0 Å². The molecule has 0 aliphatic carbocycles. The standard InChI is InChI=1S/C13H20N2O3/c1-3-14(4-2)13(10-16)9-11-5-7-12(8-6-11)15(17)18/h5-8,13,16H,3-4,9-10H2,1-2H3. The topological polar surface area (TPSA) is 66.6 Å². The van der Waals surface area contributed by atoms with Crippen LogP contribution in [0.15, 0.2) is 24.3 Å². The number of benzene rings is 1. The first-order valence-corrected chi connectivity index (χ1v) is 6.20. The first-order valence-electron chi connectivity index (χ1n) is 6.20. The van der Waals surface area contributed by atoms with Crippen LogP contribution in [0.5, 0.6) is 0 Å². The number of rotatable bonds is 7. The number of nitro benzene ring substituents is 1. The smallest absolute Gasteiger partial charge is 0.269 e. The number of likely N-dealkylation sites (N-methyl/N-ethyl adjacent to an activating group) is 1. The van der Waals surface area contributed by atoms with E-state index in [2.05, 4.69) is 18.7 Å². The van der Waals surface area contributed by atoms with Crippen LogP contribution >= 0.6 is 0 Å². The van der Waals surface area contributed by atoms with Crippen LogP contribution in [0.1, 0.15) is 19.4 Å². The maximum Gasteiger partial charge on any atom is 0.269 e. The minimum absolute atomic E-state index is 0.0708. The molecule has 0 bridgehead atoms. The molecule has 100 valence electrons. The quantitative estimate of drug-likeness (QED) is 0.594. The van der Waals surface area contributed by atoms with E-state index in [0.717, 1.165) is 18.7 Å². The molecule has 1 unspecified atom stereocenters. The van der Waals surface area contributed by atoms with Crippen molar-refractivity contribution in [2.75, 3.05) is 19.7 Å². The lowest BCUT2D eigenvalue weighted by atomic mass is 10.0. The molecule has 0 radical (unpaired) electrons. The Morgan fingerprint density at radius 3 is 2.22 bits per heavy atom. The number of nitrogens with zero attached hydrogens (tertiary/aromatic N) is 2. The van der Waals surface area contributed by atoms with Crippen molar-refractivity contribution in [3.63, 3.8) is 0 Å². The Labute approximate surface area is 107 Å². The van der Waals surface area contributed by atoms with Crippen LogP contribution in [0.25, 0.3) is 0 Å². The van der Waals surface area contributed by atoms with Gasteiger partial charge in [-0.3, -0.25) is 15.0 Å². The van der Waals surface area contributed by atoms with Gasteiger partial charge in [-0.1, -0.05) is 26.0 Å². The van der Waals surface area contributed by atoms with Gasteiger partial charge in [0, 0.05) is 18.2 Å². The summed E-state index contributed by atoms with van der Waals surface area (Å²) in [5.74, 6) is 0. The summed E-state index contributed by atoms with van der Waals surface area (Å²) in [5.41, 5.74) is 1.11. The summed E-state index contributed by atoms with van der Waals surface area (Å²) in [6, 6.07) is 6.59. The molecule has 0 aromatic heterocycles. The van der Waals surface area contributed by atoms with Gasteiger partial charge in [-0.05, 0) is 25.1 Å². The number of hydrogen-bond acceptors (Lipinski definition) is 4. The van der Waals surface area contributed by atoms with Crippen molar-refractivity contribution in [1.82, 2.24) is 4.90 Å². The zero-order valence-corrected chi connectivity index (χ0v) is 10.9. The van der Waals surface area contributed by atoms with Crippen LogP contribution in [0, 0.1) is 10.1 Å². The lowest BCUT2D eigenvalue weighted by Crippen LogP contribution is -2.39. The van der Waals surface area contributed by atoms with Crippen LogP contribution in [0.4, 0.5) is 5.69 Å². The highest BCUT2D eigenvalue weighted by atomic mass is 16.6. The predicted molar refractivity (Wildman–Crippen MR) is 70.6 cm³/mol. The van der Waals surface area contributed by atoms with Gasteiger partial charge in [-0.25, -0.2) is 0 Å². The zero-order chi connectivity index (χ0) is 13.5. The zero-order valence-electron chi connectivity index (χ0n) is 10.9. The van der Waals surface area contributed by atoms with E-state index in [1.54, 1.807) is 12.1 Å².